The molecule has 0 aliphatic carbocycles. The molecular weight excluding hydrogens is 407 g/mol. The molecule has 0 saturated carbocycles. The van der Waals surface area contributed by atoms with E-state index in [1.807, 2.05) is 0 Å². The molecule has 1 unspecified atom stereocenters. The number of halogens is 2. The molecule has 0 spiro atoms. The molecule has 2 aromatic rings. The number of benzene rings is 1. The molecule has 1 aliphatic rings. The third-order valence-electron chi connectivity index (χ3n) is 4.60. The molecule has 28 heavy (non-hydrogen) atoms. The van der Waals surface area contributed by atoms with Gasteiger partial charge in [0, 0.05) is 25.1 Å². The second kappa shape index (κ2) is 8.86. The van der Waals surface area contributed by atoms with Crippen LogP contribution in [-0.4, -0.2) is 33.3 Å². The minimum atomic E-state index is -0.662. The van der Waals surface area contributed by atoms with E-state index in [-0.39, 0.29) is 28.4 Å². The number of methoxy groups -OCH3 is 2. The Morgan fingerprint density at radius 2 is 1.86 bits per heavy atom. The van der Waals surface area contributed by atoms with Crippen molar-refractivity contribution < 1.29 is 23.7 Å². The summed E-state index contributed by atoms with van der Waals surface area (Å²) in [6, 6.07) is 5.27. The number of esters is 1. The third kappa shape index (κ3) is 4.43. The van der Waals surface area contributed by atoms with E-state index in [4.69, 9.17) is 37.4 Å². The number of carbonyl (C=O) groups excluding carboxylic acids is 1. The van der Waals surface area contributed by atoms with E-state index in [1.54, 1.807) is 25.3 Å². The van der Waals surface area contributed by atoms with Crippen LogP contribution < -0.4 is 19.5 Å². The Kier molecular flexibility index (Phi) is 6.49. The van der Waals surface area contributed by atoms with E-state index >= 15 is 0 Å². The molecule has 1 atom stereocenters. The number of nitrogens with zero attached hydrogens (tertiary/aromatic N) is 1. The molecule has 1 saturated heterocycles. The van der Waals surface area contributed by atoms with Crippen LogP contribution in [0.4, 0.5) is 0 Å². The molecule has 1 aromatic carbocycles. The zero-order valence-electron chi connectivity index (χ0n) is 15.4. The van der Waals surface area contributed by atoms with Gasteiger partial charge in [0.15, 0.2) is 23.9 Å². The second-order valence-electron chi connectivity index (χ2n) is 6.39. The van der Waals surface area contributed by atoms with Crippen LogP contribution in [0, 0.1) is 11.1 Å². The molecule has 3 rings (SSSR count). The highest BCUT2D eigenvalue weighted by Gasteiger charge is 2.30. The Hall–Kier alpha value is -2.22. The molecule has 1 N–H and O–H groups in total. The first kappa shape index (κ1) is 20.5. The normalized spacial score (nSPS) is 14.9. The van der Waals surface area contributed by atoms with E-state index < -0.39 is 6.10 Å². The maximum absolute atomic E-state index is 12.5. The van der Waals surface area contributed by atoms with Crippen molar-refractivity contribution in [2.75, 3.05) is 27.3 Å². The highest BCUT2D eigenvalue weighted by molar-refractivity contribution is 6.35. The lowest BCUT2D eigenvalue weighted by Gasteiger charge is -2.28. The molecule has 0 amide bonds. The summed E-state index contributed by atoms with van der Waals surface area (Å²) in [6.07, 6.45) is 1.98. The predicted molar refractivity (Wildman–Crippen MR) is 104 cm³/mol. The van der Waals surface area contributed by atoms with Gasteiger partial charge < -0.3 is 24.7 Å². The number of hydrogen-bond acceptors (Lipinski definition) is 6. The highest BCUT2D eigenvalue weighted by atomic mass is 35.5. The van der Waals surface area contributed by atoms with Gasteiger partial charge in [-0.1, -0.05) is 29.3 Å². The van der Waals surface area contributed by atoms with E-state index in [2.05, 4.69) is 5.32 Å². The third-order valence-corrected chi connectivity index (χ3v) is 5.25. The van der Waals surface area contributed by atoms with Gasteiger partial charge in [0.05, 0.1) is 20.1 Å². The van der Waals surface area contributed by atoms with Gasteiger partial charge in [0.1, 0.15) is 16.1 Å². The average molecular weight is 427 g/mol. The van der Waals surface area contributed by atoms with Gasteiger partial charge in [-0.05, 0) is 17.7 Å². The summed E-state index contributed by atoms with van der Waals surface area (Å²) in [5, 5.41) is 15.0. The Labute approximate surface area is 172 Å². The lowest BCUT2D eigenvalue weighted by atomic mass is 10.00. The lowest BCUT2D eigenvalue weighted by Crippen LogP contribution is -2.47. The first-order valence-electron chi connectivity index (χ1n) is 8.62. The van der Waals surface area contributed by atoms with Crippen LogP contribution in [0.2, 0.25) is 10.0 Å². The molecule has 9 heteroatoms. The number of ether oxygens (including phenoxy) is 3. The van der Waals surface area contributed by atoms with Crippen molar-refractivity contribution in [2.45, 2.75) is 12.5 Å². The van der Waals surface area contributed by atoms with Crippen molar-refractivity contribution in [1.29, 1.82) is 0 Å². The molecule has 0 bridgehead atoms. The number of hydrogen-bond donors (Lipinski definition) is 1. The van der Waals surface area contributed by atoms with Gasteiger partial charge in [-0.2, -0.15) is 4.73 Å². The fraction of sp³-hybridized carbons (Fsp3) is 0.368. The summed E-state index contributed by atoms with van der Waals surface area (Å²) in [4.78, 5) is 12.5. The van der Waals surface area contributed by atoms with Crippen molar-refractivity contribution in [1.82, 2.24) is 5.32 Å². The Balaban J connectivity index is 1.94. The Morgan fingerprint density at radius 3 is 2.39 bits per heavy atom. The minimum absolute atomic E-state index is 0.187. The second-order valence-corrected chi connectivity index (χ2v) is 7.21. The van der Waals surface area contributed by atoms with Crippen molar-refractivity contribution in [2.24, 2.45) is 5.92 Å². The van der Waals surface area contributed by atoms with E-state index in [0.717, 1.165) is 0 Å². The van der Waals surface area contributed by atoms with Crippen LogP contribution in [0.3, 0.4) is 0 Å². The van der Waals surface area contributed by atoms with E-state index in [0.29, 0.717) is 40.4 Å². The van der Waals surface area contributed by atoms with E-state index in [1.165, 1.54) is 19.5 Å². The Morgan fingerprint density at radius 1 is 1.21 bits per heavy atom. The minimum Gasteiger partial charge on any atom is -0.619 e. The van der Waals surface area contributed by atoms with Gasteiger partial charge in [-0.25, -0.2) is 0 Å². The van der Waals surface area contributed by atoms with E-state index in [9.17, 15) is 10.0 Å². The fourth-order valence-corrected chi connectivity index (χ4v) is 3.48. The highest BCUT2D eigenvalue weighted by Crippen LogP contribution is 2.35. The average Bonchev–Trinajstić information content (AvgIpc) is 2.61. The zero-order valence-corrected chi connectivity index (χ0v) is 16.9. The van der Waals surface area contributed by atoms with Crippen molar-refractivity contribution >= 4 is 29.2 Å². The number of nitrogens with one attached hydrogen (secondary N) is 1. The molecule has 0 radical (unpaired) electrons. The van der Waals surface area contributed by atoms with Crippen LogP contribution in [-0.2, 0) is 16.0 Å². The van der Waals surface area contributed by atoms with Crippen molar-refractivity contribution in [3.63, 3.8) is 0 Å². The van der Waals surface area contributed by atoms with Gasteiger partial charge in [0.2, 0.25) is 0 Å². The van der Waals surface area contributed by atoms with Crippen LogP contribution in [0.25, 0.3) is 0 Å². The van der Waals surface area contributed by atoms with Crippen LogP contribution in [0.1, 0.15) is 17.2 Å². The molecular formula is C19H20Cl2N2O5. The topological polar surface area (TPSA) is 83.7 Å². The smallest absolute Gasteiger partial charge is 0.312 e. The largest absolute Gasteiger partial charge is 0.619 e. The summed E-state index contributed by atoms with van der Waals surface area (Å²) in [6.45, 7) is 1.17. The fourth-order valence-electron chi connectivity index (χ4n) is 2.88. The maximum atomic E-state index is 12.5. The number of rotatable bonds is 7. The van der Waals surface area contributed by atoms with Crippen molar-refractivity contribution in [3.05, 3.63) is 57.0 Å². The number of carbonyl (C=O) groups is 1. The first-order chi connectivity index (χ1) is 13.4. The molecule has 1 fully saturated rings. The predicted octanol–water partition coefficient (Wildman–Crippen LogP) is 2.69. The van der Waals surface area contributed by atoms with Gasteiger partial charge in [-0.15, -0.1) is 0 Å². The number of aromatic nitrogens is 1. The molecule has 150 valence electrons. The standard InChI is InChI=1S/C19H20Cl2N2O5/c1-26-16-4-3-11(5-18(16)27-2)17(28-19(24)12-7-22-8-12)6-13-14(20)9-23(25)10-15(13)21/h3-5,9-10,12,17,22H,6-8H2,1-2H3. The van der Waals surface area contributed by atoms with Gasteiger partial charge in [0.25, 0.3) is 0 Å². The first-order valence-corrected chi connectivity index (χ1v) is 9.38. The molecule has 2 heterocycles. The zero-order chi connectivity index (χ0) is 20.3. The van der Waals surface area contributed by atoms with Crippen LogP contribution in [0.5, 0.6) is 11.5 Å². The summed E-state index contributed by atoms with van der Waals surface area (Å²) in [5.41, 5.74) is 1.22. The quantitative estimate of drug-likeness (QED) is 0.416. The summed E-state index contributed by atoms with van der Waals surface area (Å²) >= 11 is 12.4. The number of pyridine rings is 1. The summed E-state index contributed by atoms with van der Waals surface area (Å²) in [5.74, 6) is 0.575. The Bertz CT molecular complexity index is 850. The molecule has 7 nitrogen and oxygen atoms in total. The van der Waals surface area contributed by atoms with Gasteiger partial charge >= 0.3 is 5.97 Å². The maximum Gasteiger partial charge on any atom is 0.312 e. The van der Waals surface area contributed by atoms with Gasteiger partial charge in [-0.3, -0.25) is 4.79 Å². The molecule has 1 aliphatic heterocycles. The monoisotopic (exact) mass is 426 g/mol. The SMILES string of the molecule is COc1ccc(C(Cc2c(Cl)c[n+]([O-])cc2Cl)OC(=O)C2CNC2)cc1OC. The van der Waals surface area contributed by atoms with Crippen LogP contribution >= 0.6 is 23.2 Å². The molecule has 1 aromatic heterocycles. The van der Waals surface area contributed by atoms with Crippen molar-refractivity contribution in [3.8, 4) is 11.5 Å². The lowest BCUT2D eigenvalue weighted by molar-refractivity contribution is -0.605. The van der Waals surface area contributed by atoms with Crippen LogP contribution in [0.15, 0.2) is 30.6 Å². The summed E-state index contributed by atoms with van der Waals surface area (Å²) < 4.78 is 16.9. The summed E-state index contributed by atoms with van der Waals surface area (Å²) in [7, 11) is 3.07.